The zero-order valence-corrected chi connectivity index (χ0v) is 11.9. The first-order chi connectivity index (χ1) is 9.93. The van der Waals surface area contributed by atoms with Gasteiger partial charge in [0.05, 0.1) is 0 Å². The third-order valence-electron chi connectivity index (χ3n) is 4.78. The fraction of sp³-hybridized carbons (Fsp3) is 0.529. The van der Waals surface area contributed by atoms with Crippen molar-refractivity contribution < 1.29 is 0 Å². The molecule has 2 aliphatic rings. The third-order valence-corrected chi connectivity index (χ3v) is 4.78. The summed E-state index contributed by atoms with van der Waals surface area (Å²) in [6.45, 7) is 4.71. The number of aromatic amines is 1. The summed E-state index contributed by atoms with van der Waals surface area (Å²) in [6, 6.07) is 9.35. The van der Waals surface area contributed by atoms with Crippen LogP contribution in [-0.2, 0) is 0 Å². The first-order valence-corrected chi connectivity index (χ1v) is 7.94. The zero-order chi connectivity index (χ0) is 13.4. The molecule has 20 heavy (non-hydrogen) atoms. The van der Waals surface area contributed by atoms with Gasteiger partial charge < -0.3 is 10.3 Å². The van der Waals surface area contributed by atoms with Crippen LogP contribution in [0.1, 0.15) is 30.9 Å². The first kappa shape index (κ1) is 12.4. The summed E-state index contributed by atoms with van der Waals surface area (Å²) in [6.07, 6.45) is 6.32. The monoisotopic (exact) mass is 269 g/mol. The number of H-pyrrole nitrogens is 1. The van der Waals surface area contributed by atoms with Gasteiger partial charge in [-0.25, -0.2) is 0 Å². The van der Waals surface area contributed by atoms with Crippen molar-refractivity contribution in [3.05, 3.63) is 36.0 Å². The molecule has 0 spiro atoms. The number of rotatable bonds is 3. The number of aromatic nitrogens is 1. The van der Waals surface area contributed by atoms with Crippen molar-refractivity contribution in [2.75, 3.05) is 26.2 Å². The highest BCUT2D eigenvalue weighted by molar-refractivity contribution is 5.83. The van der Waals surface area contributed by atoms with E-state index in [1.54, 1.807) is 0 Å². The van der Waals surface area contributed by atoms with E-state index in [2.05, 4.69) is 45.7 Å². The number of fused-ring (bicyclic) bond motifs is 1. The van der Waals surface area contributed by atoms with Gasteiger partial charge in [-0.3, -0.25) is 4.90 Å². The molecule has 3 heteroatoms. The lowest BCUT2D eigenvalue weighted by Gasteiger charge is -2.30. The molecule has 1 aromatic carbocycles. The van der Waals surface area contributed by atoms with Crippen LogP contribution in [0.15, 0.2) is 30.5 Å². The summed E-state index contributed by atoms with van der Waals surface area (Å²) < 4.78 is 0. The molecule has 1 aliphatic carbocycles. The number of hydrogen-bond acceptors (Lipinski definition) is 2. The van der Waals surface area contributed by atoms with Gasteiger partial charge in [0.2, 0.25) is 0 Å². The highest BCUT2D eigenvalue weighted by Gasteiger charge is 2.37. The molecule has 3 nitrogen and oxygen atoms in total. The number of hydrogen-bond donors (Lipinski definition) is 2. The van der Waals surface area contributed by atoms with Gasteiger partial charge in [-0.05, 0) is 43.4 Å². The van der Waals surface area contributed by atoms with E-state index in [0.29, 0.717) is 6.04 Å². The third kappa shape index (κ3) is 2.25. The fourth-order valence-electron chi connectivity index (χ4n) is 3.64. The van der Waals surface area contributed by atoms with Crippen LogP contribution in [0.4, 0.5) is 0 Å². The Kier molecular flexibility index (Phi) is 3.25. The van der Waals surface area contributed by atoms with Crippen molar-refractivity contribution in [3.63, 3.8) is 0 Å². The van der Waals surface area contributed by atoms with Gasteiger partial charge in [0.15, 0.2) is 0 Å². The van der Waals surface area contributed by atoms with Crippen molar-refractivity contribution in [1.29, 1.82) is 0 Å². The second kappa shape index (κ2) is 5.23. The molecule has 2 aromatic rings. The van der Waals surface area contributed by atoms with Crippen LogP contribution in [0.25, 0.3) is 10.9 Å². The minimum absolute atomic E-state index is 0.617. The summed E-state index contributed by atoms with van der Waals surface area (Å²) in [7, 11) is 0. The maximum absolute atomic E-state index is 3.52. The Morgan fingerprint density at radius 3 is 2.90 bits per heavy atom. The van der Waals surface area contributed by atoms with E-state index in [-0.39, 0.29) is 0 Å². The van der Waals surface area contributed by atoms with E-state index in [1.807, 2.05) is 0 Å². The largest absolute Gasteiger partial charge is 0.361 e. The van der Waals surface area contributed by atoms with Gasteiger partial charge in [0, 0.05) is 42.8 Å². The Bertz CT molecular complexity index is 577. The second-order valence-electron chi connectivity index (χ2n) is 6.21. The van der Waals surface area contributed by atoms with Crippen molar-refractivity contribution in [2.24, 2.45) is 5.92 Å². The SMILES string of the molecule is c1ccc2c(C(C3CC3)N3CCCNCC3)c[nH]c2c1. The van der Waals surface area contributed by atoms with Crippen LogP contribution in [0.3, 0.4) is 0 Å². The molecule has 4 rings (SSSR count). The molecular formula is C17H23N3. The molecule has 106 valence electrons. The van der Waals surface area contributed by atoms with Crippen LogP contribution in [0.5, 0.6) is 0 Å². The molecule has 1 aromatic heterocycles. The second-order valence-corrected chi connectivity index (χ2v) is 6.21. The van der Waals surface area contributed by atoms with Crippen molar-refractivity contribution in [2.45, 2.75) is 25.3 Å². The van der Waals surface area contributed by atoms with Gasteiger partial charge in [-0.1, -0.05) is 18.2 Å². The molecule has 2 N–H and O–H groups in total. The molecule has 0 bridgehead atoms. The van der Waals surface area contributed by atoms with E-state index in [9.17, 15) is 0 Å². The maximum Gasteiger partial charge on any atom is 0.0457 e. The Morgan fingerprint density at radius 2 is 2.00 bits per heavy atom. The van der Waals surface area contributed by atoms with Crippen LogP contribution in [0.2, 0.25) is 0 Å². The van der Waals surface area contributed by atoms with Gasteiger partial charge in [0.25, 0.3) is 0 Å². The molecule has 0 amide bonds. The molecule has 2 fully saturated rings. The smallest absolute Gasteiger partial charge is 0.0457 e. The van der Waals surface area contributed by atoms with Crippen molar-refractivity contribution in [3.8, 4) is 0 Å². The van der Waals surface area contributed by atoms with Crippen LogP contribution in [-0.4, -0.2) is 36.1 Å². The predicted octanol–water partition coefficient (Wildman–Crippen LogP) is 2.91. The summed E-state index contributed by atoms with van der Waals surface area (Å²) in [4.78, 5) is 6.18. The van der Waals surface area contributed by atoms with E-state index in [1.165, 1.54) is 55.4 Å². The Labute approximate surface area is 120 Å². The normalized spacial score (nSPS) is 22.8. The molecule has 1 unspecified atom stereocenters. The Balaban J connectivity index is 1.71. The molecule has 0 radical (unpaired) electrons. The minimum atomic E-state index is 0.617. The van der Waals surface area contributed by atoms with Crippen LogP contribution < -0.4 is 5.32 Å². The number of para-hydroxylation sites is 1. The average Bonchev–Trinajstić information content (AvgIpc) is 3.26. The van der Waals surface area contributed by atoms with Gasteiger partial charge >= 0.3 is 0 Å². The minimum Gasteiger partial charge on any atom is -0.361 e. The van der Waals surface area contributed by atoms with E-state index in [4.69, 9.17) is 0 Å². The number of nitrogens with one attached hydrogen (secondary N) is 2. The lowest BCUT2D eigenvalue weighted by atomic mass is 9.99. The molecule has 1 saturated carbocycles. The highest BCUT2D eigenvalue weighted by atomic mass is 15.2. The predicted molar refractivity (Wildman–Crippen MR) is 82.8 cm³/mol. The lowest BCUT2D eigenvalue weighted by Crippen LogP contribution is -2.33. The van der Waals surface area contributed by atoms with E-state index in [0.717, 1.165) is 12.5 Å². The van der Waals surface area contributed by atoms with Gasteiger partial charge in [-0.15, -0.1) is 0 Å². The summed E-state index contributed by atoms with van der Waals surface area (Å²) in [5, 5.41) is 4.94. The number of benzene rings is 1. The van der Waals surface area contributed by atoms with Gasteiger partial charge in [-0.2, -0.15) is 0 Å². The zero-order valence-electron chi connectivity index (χ0n) is 11.9. The Hall–Kier alpha value is -1.32. The maximum atomic E-state index is 3.52. The Morgan fingerprint density at radius 1 is 1.10 bits per heavy atom. The van der Waals surface area contributed by atoms with Crippen molar-refractivity contribution in [1.82, 2.24) is 15.2 Å². The summed E-state index contributed by atoms with van der Waals surface area (Å²) in [5.74, 6) is 0.868. The average molecular weight is 269 g/mol. The van der Waals surface area contributed by atoms with Crippen LogP contribution in [0, 0.1) is 5.92 Å². The summed E-state index contributed by atoms with van der Waals surface area (Å²) >= 11 is 0. The lowest BCUT2D eigenvalue weighted by molar-refractivity contribution is 0.190. The van der Waals surface area contributed by atoms with Crippen LogP contribution >= 0.6 is 0 Å². The summed E-state index contributed by atoms with van der Waals surface area (Å²) in [5.41, 5.74) is 2.80. The molecular weight excluding hydrogens is 246 g/mol. The van der Waals surface area contributed by atoms with Crippen molar-refractivity contribution >= 4 is 10.9 Å². The quantitative estimate of drug-likeness (QED) is 0.897. The molecule has 1 saturated heterocycles. The van der Waals surface area contributed by atoms with E-state index < -0.39 is 0 Å². The van der Waals surface area contributed by atoms with Gasteiger partial charge in [0.1, 0.15) is 0 Å². The number of nitrogens with zero attached hydrogens (tertiary/aromatic N) is 1. The molecule has 1 aliphatic heterocycles. The highest BCUT2D eigenvalue weighted by Crippen LogP contribution is 2.46. The standard InChI is InChI=1S/C17H23N3/c1-2-5-16-14(4-1)15(12-19-16)17(13-6-7-13)20-10-3-8-18-9-11-20/h1-2,4-5,12-13,17-19H,3,6-11H2. The topological polar surface area (TPSA) is 31.1 Å². The fourth-order valence-corrected chi connectivity index (χ4v) is 3.64. The molecule has 2 heterocycles. The van der Waals surface area contributed by atoms with E-state index >= 15 is 0 Å². The molecule has 1 atom stereocenters. The first-order valence-electron chi connectivity index (χ1n) is 7.94.